The fourth-order valence-corrected chi connectivity index (χ4v) is 4.01. The Morgan fingerprint density at radius 3 is 2.17 bits per heavy atom. The fraction of sp³-hybridized carbons (Fsp3) is 0.0606. The highest BCUT2D eigenvalue weighted by atomic mass is 79.9. The van der Waals surface area contributed by atoms with Crippen molar-refractivity contribution in [2.45, 2.75) is 6.92 Å². The Labute approximate surface area is 241 Å². The second kappa shape index (κ2) is 13.9. The first-order chi connectivity index (χ1) is 19.4. The van der Waals surface area contributed by atoms with Gasteiger partial charge in [-0.1, -0.05) is 70.5 Å². The number of para-hydroxylation sites is 1. The molecule has 0 aromatic heterocycles. The Kier molecular flexibility index (Phi) is 9.80. The number of nitrogens with one attached hydrogen (secondary N) is 2. The van der Waals surface area contributed by atoms with Gasteiger partial charge in [0.1, 0.15) is 11.4 Å². The highest BCUT2D eigenvalue weighted by Gasteiger charge is 2.16. The number of halogens is 1. The van der Waals surface area contributed by atoms with Crippen molar-refractivity contribution in [3.63, 3.8) is 0 Å². The van der Waals surface area contributed by atoms with E-state index in [1.54, 1.807) is 72.8 Å². The van der Waals surface area contributed by atoms with Gasteiger partial charge in [0.15, 0.2) is 5.78 Å². The van der Waals surface area contributed by atoms with E-state index >= 15 is 0 Å². The monoisotopic (exact) mass is 594 g/mol. The van der Waals surface area contributed by atoms with Crippen molar-refractivity contribution in [3.8, 4) is 5.75 Å². The van der Waals surface area contributed by atoms with Crippen LogP contribution >= 0.6 is 15.9 Å². The van der Waals surface area contributed by atoms with Crippen LogP contribution in [0, 0.1) is 0 Å². The number of anilines is 1. The number of allylic oxidation sites excluding steroid dienone is 1. The summed E-state index contributed by atoms with van der Waals surface area (Å²) < 4.78 is 6.65. The molecule has 0 unspecified atom stereocenters. The first-order valence-electron chi connectivity index (χ1n) is 12.6. The van der Waals surface area contributed by atoms with Crippen LogP contribution in [0.5, 0.6) is 5.75 Å². The number of ketones is 1. The van der Waals surface area contributed by atoms with E-state index < -0.39 is 11.8 Å². The molecular formula is C33H27BrN2O4. The molecule has 4 aromatic rings. The van der Waals surface area contributed by atoms with E-state index in [0.29, 0.717) is 34.7 Å². The second-order valence-corrected chi connectivity index (χ2v) is 9.55. The van der Waals surface area contributed by atoms with Crippen LogP contribution in [-0.4, -0.2) is 24.2 Å². The molecule has 40 heavy (non-hydrogen) atoms. The normalized spacial score (nSPS) is 11.2. The number of hydrogen-bond donors (Lipinski definition) is 2. The molecule has 0 fully saturated rings. The molecule has 0 aliphatic rings. The third kappa shape index (κ3) is 7.88. The Balaban J connectivity index is 1.52. The van der Waals surface area contributed by atoms with E-state index in [1.807, 2.05) is 49.4 Å². The predicted molar refractivity (Wildman–Crippen MR) is 162 cm³/mol. The zero-order valence-corrected chi connectivity index (χ0v) is 23.4. The molecular weight excluding hydrogens is 568 g/mol. The van der Waals surface area contributed by atoms with Crippen molar-refractivity contribution in [2.75, 3.05) is 11.9 Å². The van der Waals surface area contributed by atoms with Crippen LogP contribution in [0.2, 0.25) is 0 Å². The molecule has 200 valence electrons. The smallest absolute Gasteiger partial charge is 0.272 e. The van der Waals surface area contributed by atoms with E-state index in [-0.39, 0.29) is 11.5 Å². The van der Waals surface area contributed by atoms with E-state index in [1.165, 1.54) is 6.08 Å². The van der Waals surface area contributed by atoms with Gasteiger partial charge in [0, 0.05) is 26.9 Å². The minimum atomic E-state index is -0.523. The lowest BCUT2D eigenvalue weighted by molar-refractivity contribution is -0.113. The summed E-state index contributed by atoms with van der Waals surface area (Å²) in [6, 6.07) is 30.1. The molecule has 6 nitrogen and oxygen atoms in total. The quantitative estimate of drug-likeness (QED) is 0.151. The standard InChI is InChI=1S/C33H27BrN2O4/c1-2-40-31-11-7-6-10-26(31)22-29(36-32(38)25-8-4-3-5-9-25)33(39)35-28-19-15-24(16-20-28)30(37)21-14-23-12-17-27(34)18-13-23/h3-22H,2H2,1H3,(H,35,39)(H,36,38)/b21-14+,29-22-. The number of carbonyl (C=O) groups excluding carboxylic acids is 3. The lowest BCUT2D eigenvalue weighted by Crippen LogP contribution is -2.30. The molecule has 0 saturated carbocycles. The third-order valence-corrected chi connectivity index (χ3v) is 6.30. The van der Waals surface area contributed by atoms with Crippen molar-refractivity contribution in [3.05, 3.63) is 142 Å². The zero-order chi connectivity index (χ0) is 28.3. The Morgan fingerprint density at radius 2 is 1.48 bits per heavy atom. The molecule has 0 aliphatic carbocycles. The first kappa shape index (κ1) is 28.3. The summed E-state index contributed by atoms with van der Waals surface area (Å²) in [6.45, 7) is 2.32. The zero-order valence-electron chi connectivity index (χ0n) is 21.8. The maximum absolute atomic E-state index is 13.3. The molecule has 0 radical (unpaired) electrons. The lowest BCUT2D eigenvalue weighted by atomic mass is 10.1. The second-order valence-electron chi connectivity index (χ2n) is 8.63. The molecule has 0 atom stereocenters. The Bertz CT molecular complexity index is 1540. The van der Waals surface area contributed by atoms with Crippen molar-refractivity contribution < 1.29 is 19.1 Å². The van der Waals surface area contributed by atoms with Crippen molar-refractivity contribution in [1.82, 2.24) is 5.32 Å². The summed E-state index contributed by atoms with van der Waals surface area (Å²) in [5, 5.41) is 5.53. The predicted octanol–water partition coefficient (Wildman–Crippen LogP) is 7.15. The summed E-state index contributed by atoms with van der Waals surface area (Å²) in [5.74, 6) is -0.522. The fourth-order valence-electron chi connectivity index (χ4n) is 3.74. The van der Waals surface area contributed by atoms with Crippen LogP contribution in [0.15, 0.2) is 119 Å². The van der Waals surface area contributed by atoms with Crippen LogP contribution in [0.25, 0.3) is 12.2 Å². The maximum atomic E-state index is 13.3. The van der Waals surface area contributed by atoms with Gasteiger partial charge in [0.2, 0.25) is 0 Å². The third-order valence-electron chi connectivity index (χ3n) is 5.77. The van der Waals surface area contributed by atoms with Gasteiger partial charge in [-0.2, -0.15) is 0 Å². The average molecular weight is 595 g/mol. The summed E-state index contributed by atoms with van der Waals surface area (Å²) >= 11 is 3.39. The Morgan fingerprint density at radius 1 is 0.800 bits per heavy atom. The van der Waals surface area contributed by atoms with Gasteiger partial charge in [0.25, 0.3) is 11.8 Å². The number of carbonyl (C=O) groups is 3. The minimum absolute atomic E-state index is 0.0404. The SMILES string of the molecule is CCOc1ccccc1/C=C(\NC(=O)c1ccccc1)C(=O)Nc1ccc(C(=O)/C=C/c2ccc(Br)cc2)cc1. The number of ether oxygens (including phenoxy) is 1. The van der Waals surface area contributed by atoms with Gasteiger partial charge < -0.3 is 15.4 Å². The van der Waals surface area contributed by atoms with Gasteiger partial charge in [0.05, 0.1) is 6.61 Å². The van der Waals surface area contributed by atoms with Crippen molar-refractivity contribution >= 4 is 51.4 Å². The summed E-state index contributed by atoms with van der Waals surface area (Å²) in [7, 11) is 0. The van der Waals surface area contributed by atoms with E-state index in [9.17, 15) is 14.4 Å². The van der Waals surface area contributed by atoms with Crippen LogP contribution in [-0.2, 0) is 4.79 Å². The van der Waals surface area contributed by atoms with Gasteiger partial charge in [-0.3, -0.25) is 14.4 Å². The van der Waals surface area contributed by atoms with Crippen molar-refractivity contribution in [2.24, 2.45) is 0 Å². The molecule has 0 heterocycles. The topological polar surface area (TPSA) is 84.5 Å². The number of amides is 2. The first-order valence-corrected chi connectivity index (χ1v) is 13.4. The number of benzene rings is 4. The summed E-state index contributed by atoms with van der Waals surface area (Å²) in [5.41, 5.74) is 2.95. The molecule has 0 aliphatic heterocycles. The van der Waals surface area contributed by atoms with E-state index in [4.69, 9.17) is 4.74 Å². The summed E-state index contributed by atoms with van der Waals surface area (Å²) in [6.07, 6.45) is 4.83. The molecule has 7 heteroatoms. The average Bonchev–Trinajstić information content (AvgIpc) is 2.98. The van der Waals surface area contributed by atoms with Crippen LogP contribution in [0.3, 0.4) is 0 Å². The van der Waals surface area contributed by atoms with E-state index in [0.717, 1.165) is 10.0 Å². The van der Waals surface area contributed by atoms with Gasteiger partial charge in [-0.05, 0) is 79.2 Å². The van der Waals surface area contributed by atoms with Crippen LogP contribution < -0.4 is 15.4 Å². The molecule has 4 aromatic carbocycles. The molecule has 0 spiro atoms. The van der Waals surface area contributed by atoms with E-state index in [2.05, 4.69) is 26.6 Å². The molecule has 2 N–H and O–H groups in total. The maximum Gasteiger partial charge on any atom is 0.272 e. The van der Waals surface area contributed by atoms with Gasteiger partial charge >= 0.3 is 0 Å². The molecule has 0 saturated heterocycles. The number of rotatable bonds is 10. The number of hydrogen-bond acceptors (Lipinski definition) is 4. The summed E-state index contributed by atoms with van der Waals surface area (Å²) in [4.78, 5) is 38.9. The Hall–Kier alpha value is -4.75. The molecule has 0 bridgehead atoms. The highest BCUT2D eigenvalue weighted by molar-refractivity contribution is 9.10. The minimum Gasteiger partial charge on any atom is -0.493 e. The van der Waals surface area contributed by atoms with Crippen LogP contribution in [0.4, 0.5) is 5.69 Å². The van der Waals surface area contributed by atoms with Crippen LogP contribution in [0.1, 0.15) is 38.8 Å². The van der Waals surface area contributed by atoms with Gasteiger partial charge in [-0.15, -0.1) is 0 Å². The molecule has 2 amide bonds. The van der Waals surface area contributed by atoms with Crippen molar-refractivity contribution in [1.29, 1.82) is 0 Å². The lowest BCUT2D eigenvalue weighted by Gasteiger charge is -2.13. The highest BCUT2D eigenvalue weighted by Crippen LogP contribution is 2.22. The largest absolute Gasteiger partial charge is 0.493 e. The van der Waals surface area contributed by atoms with Gasteiger partial charge in [-0.25, -0.2) is 0 Å². The molecule has 4 rings (SSSR count).